The van der Waals surface area contributed by atoms with Gasteiger partial charge in [-0.1, -0.05) is 11.6 Å². The summed E-state index contributed by atoms with van der Waals surface area (Å²) in [5.41, 5.74) is 0.835. The van der Waals surface area contributed by atoms with Crippen molar-refractivity contribution in [2.45, 2.75) is 6.42 Å². The molecule has 0 aromatic heterocycles. The highest BCUT2D eigenvalue weighted by molar-refractivity contribution is 6.31. The summed E-state index contributed by atoms with van der Waals surface area (Å²) in [7, 11) is 1.66. The van der Waals surface area contributed by atoms with Crippen LogP contribution in [0.15, 0.2) is 18.2 Å². The van der Waals surface area contributed by atoms with E-state index in [1.54, 1.807) is 13.2 Å². The Morgan fingerprint density at radius 1 is 1.40 bits per heavy atom. The van der Waals surface area contributed by atoms with Gasteiger partial charge in [-0.2, -0.15) is 0 Å². The molecule has 1 aromatic rings. The Labute approximate surface area is 94.4 Å². The van der Waals surface area contributed by atoms with E-state index in [-0.39, 0.29) is 5.82 Å². The van der Waals surface area contributed by atoms with Crippen LogP contribution in [0.25, 0.3) is 0 Å². The molecule has 1 rings (SSSR count). The van der Waals surface area contributed by atoms with Crippen molar-refractivity contribution in [1.82, 2.24) is 5.32 Å². The maximum absolute atomic E-state index is 12.9. The highest BCUT2D eigenvalue weighted by Gasteiger charge is 2.01. The molecule has 15 heavy (non-hydrogen) atoms. The van der Waals surface area contributed by atoms with Gasteiger partial charge in [0.05, 0.1) is 6.61 Å². The molecular formula is C11H15ClFNO. The molecule has 0 saturated carbocycles. The Kier molecular flexibility index (Phi) is 5.61. The number of nitrogens with one attached hydrogen (secondary N) is 1. The first-order valence-corrected chi connectivity index (χ1v) is 5.25. The summed E-state index contributed by atoms with van der Waals surface area (Å²) >= 11 is 5.92. The maximum Gasteiger partial charge on any atom is 0.123 e. The second-order valence-corrected chi connectivity index (χ2v) is 3.64. The summed E-state index contributed by atoms with van der Waals surface area (Å²) in [5.74, 6) is -0.244. The van der Waals surface area contributed by atoms with E-state index in [1.807, 2.05) is 0 Å². The van der Waals surface area contributed by atoms with Gasteiger partial charge in [-0.3, -0.25) is 0 Å². The smallest absolute Gasteiger partial charge is 0.123 e. The van der Waals surface area contributed by atoms with Gasteiger partial charge in [0.15, 0.2) is 0 Å². The van der Waals surface area contributed by atoms with Crippen molar-refractivity contribution in [3.05, 3.63) is 34.6 Å². The molecule has 1 aromatic carbocycles. The molecule has 84 valence electrons. The Morgan fingerprint density at radius 3 is 2.93 bits per heavy atom. The number of hydrogen-bond donors (Lipinski definition) is 1. The zero-order chi connectivity index (χ0) is 11.1. The summed E-state index contributed by atoms with van der Waals surface area (Å²) in [5, 5.41) is 3.79. The fourth-order valence-corrected chi connectivity index (χ4v) is 1.47. The standard InChI is InChI=1S/C11H15ClFNO/c1-15-7-6-14-5-4-9-8-10(13)2-3-11(9)12/h2-3,8,14H,4-7H2,1H3. The van der Waals surface area contributed by atoms with E-state index in [2.05, 4.69) is 5.32 Å². The van der Waals surface area contributed by atoms with Crippen LogP contribution in [0.1, 0.15) is 5.56 Å². The van der Waals surface area contributed by atoms with E-state index >= 15 is 0 Å². The van der Waals surface area contributed by atoms with Crippen molar-refractivity contribution in [3.63, 3.8) is 0 Å². The summed E-state index contributed by atoms with van der Waals surface area (Å²) < 4.78 is 17.8. The molecule has 0 saturated heterocycles. The number of hydrogen-bond acceptors (Lipinski definition) is 2. The topological polar surface area (TPSA) is 21.3 Å². The molecule has 0 unspecified atom stereocenters. The van der Waals surface area contributed by atoms with E-state index < -0.39 is 0 Å². The van der Waals surface area contributed by atoms with Crippen molar-refractivity contribution >= 4 is 11.6 Å². The molecule has 0 fully saturated rings. The zero-order valence-electron chi connectivity index (χ0n) is 8.72. The highest BCUT2D eigenvalue weighted by atomic mass is 35.5. The summed E-state index contributed by atoms with van der Waals surface area (Å²) in [4.78, 5) is 0. The monoisotopic (exact) mass is 231 g/mol. The lowest BCUT2D eigenvalue weighted by molar-refractivity contribution is 0.199. The normalized spacial score (nSPS) is 10.6. The average Bonchev–Trinajstić information content (AvgIpc) is 2.23. The van der Waals surface area contributed by atoms with Gasteiger partial charge in [-0.25, -0.2) is 4.39 Å². The van der Waals surface area contributed by atoms with Crippen LogP contribution in [0, 0.1) is 5.82 Å². The van der Waals surface area contributed by atoms with Crippen LogP contribution in [-0.4, -0.2) is 26.8 Å². The SMILES string of the molecule is COCCNCCc1cc(F)ccc1Cl. The van der Waals surface area contributed by atoms with Crippen molar-refractivity contribution < 1.29 is 9.13 Å². The van der Waals surface area contributed by atoms with Crippen LogP contribution in [0.4, 0.5) is 4.39 Å². The van der Waals surface area contributed by atoms with E-state index in [0.717, 1.165) is 25.1 Å². The highest BCUT2D eigenvalue weighted by Crippen LogP contribution is 2.16. The number of halogens is 2. The van der Waals surface area contributed by atoms with Crippen molar-refractivity contribution in [2.24, 2.45) is 0 Å². The molecular weight excluding hydrogens is 217 g/mol. The minimum Gasteiger partial charge on any atom is -0.383 e. The third-order valence-corrected chi connectivity index (χ3v) is 2.43. The second-order valence-electron chi connectivity index (χ2n) is 3.23. The van der Waals surface area contributed by atoms with Crippen LogP contribution in [0.2, 0.25) is 5.02 Å². The predicted octanol–water partition coefficient (Wildman–Crippen LogP) is 2.26. The molecule has 0 amide bonds. The van der Waals surface area contributed by atoms with Gasteiger partial charge in [-0.05, 0) is 36.7 Å². The van der Waals surface area contributed by atoms with E-state index in [0.29, 0.717) is 11.6 Å². The predicted molar refractivity (Wildman–Crippen MR) is 59.9 cm³/mol. The molecule has 4 heteroatoms. The van der Waals surface area contributed by atoms with Gasteiger partial charge in [-0.15, -0.1) is 0 Å². The third-order valence-electron chi connectivity index (χ3n) is 2.06. The van der Waals surface area contributed by atoms with Crippen molar-refractivity contribution in [3.8, 4) is 0 Å². The number of ether oxygens (including phenoxy) is 1. The lowest BCUT2D eigenvalue weighted by atomic mass is 10.1. The lowest BCUT2D eigenvalue weighted by Gasteiger charge is -2.06. The van der Waals surface area contributed by atoms with E-state index in [9.17, 15) is 4.39 Å². The molecule has 1 N–H and O–H groups in total. The van der Waals surface area contributed by atoms with Crippen LogP contribution in [0.3, 0.4) is 0 Å². The van der Waals surface area contributed by atoms with Gasteiger partial charge in [0.1, 0.15) is 5.82 Å². The van der Waals surface area contributed by atoms with Crippen LogP contribution >= 0.6 is 11.6 Å². The quantitative estimate of drug-likeness (QED) is 0.759. The average molecular weight is 232 g/mol. The Bertz CT molecular complexity index is 307. The van der Waals surface area contributed by atoms with Gasteiger partial charge < -0.3 is 10.1 Å². The Morgan fingerprint density at radius 2 is 2.20 bits per heavy atom. The van der Waals surface area contributed by atoms with Crippen molar-refractivity contribution in [2.75, 3.05) is 26.8 Å². The first kappa shape index (κ1) is 12.4. The largest absolute Gasteiger partial charge is 0.383 e. The van der Waals surface area contributed by atoms with E-state index in [1.165, 1.54) is 12.1 Å². The summed E-state index contributed by atoms with van der Waals surface area (Å²) in [6.45, 7) is 2.24. The van der Waals surface area contributed by atoms with E-state index in [4.69, 9.17) is 16.3 Å². The summed E-state index contributed by atoms with van der Waals surface area (Å²) in [6.07, 6.45) is 0.723. The molecule has 0 aliphatic rings. The Balaban J connectivity index is 2.33. The lowest BCUT2D eigenvalue weighted by Crippen LogP contribution is -2.21. The molecule has 2 nitrogen and oxygen atoms in total. The molecule has 0 bridgehead atoms. The minimum atomic E-state index is -0.244. The Hall–Kier alpha value is -0.640. The molecule has 0 aliphatic carbocycles. The van der Waals surface area contributed by atoms with Gasteiger partial charge in [0, 0.05) is 18.7 Å². The second kappa shape index (κ2) is 6.77. The zero-order valence-corrected chi connectivity index (χ0v) is 9.48. The van der Waals surface area contributed by atoms with Crippen LogP contribution in [0.5, 0.6) is 0 Å². The van der Waals surface area contributed by atoms with Crippen LogP contribution < -0.4 is 5.32 Å². The summed E-state index contributed by atoms with van der Waals surface area (Å²) in [6, 6.07) is 4.42. The molecule has 0 heterocycles. The maximum atomic E-state index is 12.9. The van der Waals surface area contributed by atoms with Crippen LogP contribution in [-0.2, 0) is 11.2 Å². The van der Waals surface area contributed by atoms with Crippen molar-refractivity contribution in [1.29, 1.82) is 0 Å². The van der Waals surface area contributed by atoms with Gasteiger partial charge >= 0.3 is 0 Å². The molecule has 0 radical (unpaired) electrons. The van der Waals surface area contributed by atoms with Gasteiger partial charge in [0.25, 0.3) is 0 Å². The number of rotatable bonds is 6. The molecule has 0 aliphatic heterocycles. The fourth-order valence-electron chi connectivity index (χ4n) is 1.26. The third kappa shape index (κ3) is 4.60. The number of benzene rings is 1. The first-order valence-electron chi connectivity index (χ1n) is 4.87. The molecule has 0 spiro atoms. The molecule has 0 atom stereocenters. The fraction of sp³-hybridized carbons (Fsp3) is 0.455. The first-order chi connectivity index (χ1) is 7.24. The van der Waals surface area contributed by atoms with Gasteiger partial charge in [0.2, 0.25) is 0 Å². The number of methoxy groups -OCH3 is 1. The minimum absolute atomic E-state index is 0.244.